The van der Waals surface area contributed by atoms with Gasteiger partial charge in [-0.15, -0.1) is 0 Å². The second-order valence-electron chi connectivity index (χ2n) is 9.01. The molecule has 12 heteroatoms. The van der Waals surface area contributed by atoms with Crippen LogP contribution in [0.4, 0.5) is 32.3 Å². The van der Waals surface area contributed by atoms with Crippen molar-refractivity contribution in [3.63, 3.8) is 0 Å². The number of carbonyl (C=O) groups is 2. The average molecular weight is 798 g/mol. The Kier molecular flexibility index (Phi) is 18.6. The van der Waals surface area contributed by atoms with Crippen LogP contribution in [0.15, 0.2) is 134 Å². The number of aliphatic hydroxyl groups is 1. The molecule has 0 aliphatic carbocycles. The van der Waals surface area contributed by atoms with Crippen molar-refractivity contribution in [2.45, 2.75) is 6.92 Å². The number of hydrogen-bond donors (Lipinski definition) is 5. The Morgan fingerprint density at radius 1 is 0.565 bits per heavy atom. The first-order valence-corrected chi connectivity index (χ1v) is 13.6. The third-order valence-corrected chi connectivity index (χ3v) is 5.91. The van der Waals surface area contributed by atoms with E-state index in [1.54, 1.807) is 56.0 Å². The van der Waals surface area contributed by atoms with Gasteiger partial charge < -0.3 is 60.3 Å². The number of amides is 4. The van der Waals surface area contributed by atoms with Crippen LogP contribution in [0.5, 0.6) is 0 Å². The zero-order valence-electron chi connectivity index (χ0n) is 25.0. The van der Waals surface area contributed by atoms with Gasteiger partial charge in [-0.05, 0) is 54.1 Å². The number of fused-ring (bicyclic) bond motifs is 2. The van der Waals surface area contributed by atoms with Crippen LogP contribution >= 0.6 is 0 Å². The molecule has 0 fully saturated rings. The minimum atomic E-state index is -0.283. The van der Waals surface area contributed by atoms with E-state index in [-0.39, 0.29) is 72.1 Å². The molecule has 2 aromatic heterocycles. The van der Waals surface area contributed by atoms with Gasteiger partial charge >= 0.3 is 31.5 Å². The Bertz CT molecular complexity index is 1640. The molecule has 0 saturated heterocycles. The number of halogens is 2. The number of urea groups is 2. The number of aromatic nitrogens is 2. The summed E-state index contributed by atoms with van der Waals surface area (Å²) in [6.07, 6.45) is 6.52. The number of pyridine rings is 2. The number of carbonyl (C=O) groups excluding carboxylic acids is 2. The zero-order valence-corrected chi connectivity index (χ0v) is 31.2. The summed E-state index contributed by atoms with van der Waals surface area (Å²) in [5.74, 6) is 0. The van der Waals surface area contributed by atoms with Crippen LogP contribution < -0.4 is 55.2 Å². The van der Waals surface area contributed by atoms with Gasteiger partial charge in [-0.2, -0.15) is 0 Å². The molecule has 4 amide bonds. The van der Waals surface area contributed by atoms with Crippen LogP contribution in [0, 0.1) is 0 Å². The fourth-order valence-electron chi connectivity index (χ4n) is 4.11. The Morgan fingerprint density at radius 2 is 0.935 bits per heavy atom. The summed E-state index contributed by atoms with van der Waals surface area (Å²) in [5.41, 5.74) is 2.88. The minimum absolute atomic E-state index is 0. The summed E-state index contributed by atoms with van der Waals surface area (Å²) in [6.45, 7) is 1.93. The fourth-order valence-corrected chi connectivity index (χ4v) is 4.11. The predicted octanol–water partition coefficient (Wildman–Crippen LogP) is 1.76. The van der Waals surface area contributed by atoms with Crippen molar-refractivity contribution in [3.8, 4) is 0 Å². The van der Waals surface area contributed by atoms with E-state index in [9.17, 15) is 9.59 Å². The van der Waals surface area contributed by atoms with Gasteiger partial charge in [0.05, 0.1) is 35.1 Å². The standard InChI is InChI=1S/2C16H13N3O.C2H6O.2BrH.Zn/c2*20-16(18-13-7-4-10-17-11-13)19-15-9-3-6-12-5-1-2-8-14(12)15;1-2-3;;;/h2*1-11H,(H2,18,19,20);3H,2H2,1H3;2*1H;/q;;;;;+2/p-2. The van der Waals surface area contributed by atoms with Crippen molar-refractivity contribution in [2.75, 3.05) is 27.9 Å². The van der Waals surface area contributed by atoms with Crippen molar-refractivity contribution in [2.24, 2.45) is 0 Å². The van der Waals surface area contributed by atoms with Crippen LogP contribution in [0.1, 0.15) is 6.92 Å². The van der Waals surface area contributed by atoms with Crippen LogP contribution in [0.25, 0.3) is 21.5 Å². The molecule has 0 saturated carbocycles. The second kappa shape index (κ2) is 21.5. The van der Waals surface area contributed by atoms with E-state index in [0.29, 0.717) is 11.4 Å². The zero-order chi connectivity index (χ0) is 30.3. The number of rotatable bonds is 4. The summed E-state index contributed by atoms with van der Waals surface area (Å²) in [6, 6.07) is 34.0. The van der Waals surface area contributed by atoms with Crippen LogP contribution in [-0.2, 0) is 19.5 Å². The summed E-state index contributed by atoms with van der Waals surface area (Å²) >= 11 is 0. The minimum Gasteiger partial charge on any atom is -1.00 e. The molecule has 9 nitrogen and oxygen atoms in total. The van der Waals surface area contributed by atoms with E-state index in [1.807, 2.05) is 84.9 Å². The van der Waals surface area contributed by atoms with Gasteiger partial charge in [0, 0.05) is 29.8 Å². The number of aliphatic hydroxyl groups excluding tert-OH is 1. The van der Waals surface area contributed by atoms with E-state index in [1.165, 1.54) is 0 Å². The van der Waals surface area contributed by atoms with Crippen molar-refractivity contribution in [1.29, 1.82) is 0 Å². The van der Waals surface area contributed by atoms with Gasteiger partial charge in [0.1, 0.15) is 0 Å². The number of benzene rings is 4. The van der Waals surface area contributed by atoms with Crippen molar-refractivity contribution >= 4 is 56.4 Å². The van der Waals surface area contributed by atoms with Crippen molar-refractivity contribution in [3.05, 3.63) is 134 Å². The summed E-state index contributed by atoms with van der Waals surface area (Å²) in [4.78, 5) is 31.9. The molecule has 0 unspecified atom stereocenters. The van der Waals surface area contributed by atoms with E-state index in [2.05, 4.69) is 31.2 Å². The normalized spacial score (nSPS) is 9.26. The molecule has 2 heterocycles. The molecule has 4 aromatic carbocycles. The third-order valence-electron chi connectivity index (χ3n) is 5.91. The summed E-state index contributed by atoms with van der Waals surface area (Å²) in [7, 11) is 0. The Labute approximate surface area is 301 Å². The molecule has 0 spiro atoms. The molecule has 0 radical (unpaired) electrons. The summed E-state index contributed by atoms with van der Waals surface area (Å²) < 4.78 is 0. The summed E-state index contributed by atoms with van der Waals surface area (Å²) in [5, 5.41) is 23.0. The first-order chi connectivity index (χ1) is 21.1. The predicted molar refractivity (Wildman–Crippen MR) is 174 cm³/mol. The molecule has 6 aromatic rings. The first-order valence-electron chi connectivity index (χ1n) is 13.6. The van der Waals surface area contributed by atoms with Crippen LogP contribution in [0.3, 0.4) is 0 Å². The second-order valence-corrected chi connectivity index (χ2v) is 9.01. The SMILES string of the molecule is CCO.O=C(Nc1cccnc1)Nc1cccc2ccccc12.O=C(Nc1cccnc1)Nc1cccc2ccccc12.[Br-].[Br-].[Zn+2]. The monoisotopic (exact) mass is 794 g/mol. The third kappa shape index (κ3) is 12.3. The fraction of sp³-hybridized carbons (Fsp3) is 0.0588. The Morgan fingerprint density at radius 3 is 1.30 bits per heavy atom. The molecule has 46 heavy (non-hydrogen) atoms. The molecule has 0 aliphatic heterocycles. The van der Waals surface area contributed by atoms with Gasteiger partial charge in [-0.1, -0.05) is 72.8 Å². The van der Waals surface area contributed by atoms with Crippen LogP contribution in [0.2, 0.25) is 0 Å². The van der Waals surface area contributed by atoms with Gasteiger partial charge in [0.2, 0.25) is 0 Å². The van der Waals surface area contributed by atoms with Crippen molar-refractivity contribution in [1.82, 2.24) is 9.97 Å². The van der Waals surface area contributed by atoms with Crippen molar-refractivity contribution < 1.29 is 68.1 Å². The average Bonchev–Trinajstić information content (AvgIpc) is 3.03. The Hall–Kier alpha value is -4.22. The maximum Gasteiger partial charge on any atom is 2.00 e. The number of hydrogen-bond acceptors (Lipinski definition) is 5. The van der Waals surface area contributed by atoms with Gasteiger partial charge in [0.25, 0.3) is 0 Å². The van der Waals surface area contributed by atoms with E-state index in [4.69, 9.17) is 5.11 Å². The number of nitrogens with zero attached hydrogens (tertiary/aromatic N) is 2. The maximum absolute atomic E-state index is 12.0. The smallest absolute Gasteiger partial charge is 1.00 e. The largest absolute Gasteiger partial charge is 2.00 e. The van der Waals surface area contributed by atoms with E-state index < -0.39 is 0 Å². The molecule has 0 atom stereocenters. The maximum atomic E-state index is 12.0. The molecule has 0 bridgehead atoms. The van der Waals surface area contributed by atoms with E-state index in [0.717, 1.165) is 32.9 Å². The molecule has 0 aliphatic rings. The molecule has 5 N–H and O–H groups in total. The topological polar surface area (TPSA) is 128 Å². The number of nitrogens with one attached hydrogen (secondary N) is 4. The quantitative estimate of drug-likeness (QED) is 0.174. The number of anilines is 4. The Balaban J connectivity index is 0.000000400. The van der Waals surface area contributed by atoms with Gasteiger partial charge in [0.15, 0.2) is 0 Å². The molecular weight excluding hydrogens is 766 g/mol. The molecular formula is C34H32Br2N6O3Zn. The first kappa shape index (κ1) is 39.8. The van der Waals surface area contributed by atoms with Crippen LogP contribution in [-0.4, -0.2) is 33.7 Å². The molecule has 6 rings (SSSR count). The van der Waals surface area contributed by atoms with Gasteiger partial charge in [-0.25, -0.2) is 9.59 Å². The van der Waals surface area contributed by atoms with Gasteiger partial charge in [-0.3, -0.25) is 9.97 Å². The molecule has 232 valence electrons. The van der Waals surface area contributed by atoms with E-state index >= 15 is 0 Å².